The molecule has 0 spiro atoms. The smallest absolute Gasteiger partial charge is 0.408 e. The molecular weight excluding hydrogens is 695 g/mol. The minimum absolute atomic E-state index is 0.0459. The van der Waals surface area contributed by atoms with E-state index < -0.39 is 42.0 Å². The number of alkyl carbamates (subject to hydrolysis) is 1. The van der Waals surface area contributed by atoms with Crippen LogP contribution in [0.15, 0.2) is 116 Å². The van der Waals surface area contributed by atoms with Crippen LogP contribution in [0.3, 0.4) is 0 Å². The SMILES string of the molecule is CSC[C@H](NC(=O)OCc1cccc2cnccc12)C(=O)N[C@@H](Cc1ccccc1)[C@H](O)C(=O)N(Cc1ccccc1)NC(=O)c1cccc(O)c1C. The van der Waals surface area contributed by atoms with Gasteiger partial charge in [0.05, 0.1) is 12.6 Å². The fourth-order valence-corrected chi connectivity index (χ4v) is 6.28. The van der Waals surface area contributed by atoms with E-state index in [0.717, 1.165) is 26.9 Å². The first-order chi connectivity index (χ1) is 25.6. The van der Waals surface area contributed by atoms with E-state index in [1.807, 2.05) is 30.3 Å². The molecule has 1 aromatic heterocycles. The van der Waals surface area contributed by atoms with E-state index in [4.69, 9.17) is 4.74 Å². The van der Waals surface area contributed by atoms with E-state index in [1.54, 1.807) is 80.2 Å². The van der Waals surface area contributed by atoms with Crippen LogP contribution in [0, 0.1) is 6.92 Å². The van der Waals surface area contributed by atoms with Crippen LogP contribution in [-0.4, -0.2) is 74.2 Å². The number of amides is 4. The zero-order chi connectivity index (χ0) is 37.7. The maximum Gasteiger partial charge on any atom is 0.408 e. The fourth-order valence-electron chi connectivity index (χ4n) is 5.71. The summed E-state index contributed by atoms with van der Waals surface area (Å²) in [5.41, 5.74) is 5.18. The van der Waals surface area contributed by atoms with Gasteiger partial charge >= 0.3 is 6.09 Å². The molecule has 0 saturated heterocycles. The quantitative estimate of drug-likeness (QED) is 0.102. The minimum atomic E-state index is -1.84. The fraction of sp³-hybridized carbons (Fsp3) is 0.225. The predicted octanol–water partition coefficient (Wildman–Crippen LogP) is 4.67. The largest absolute Gasteiger partial charge is 0.508 e. The summed E-state index contributed by atoms with van der Waals surface area (Å²) in [6, 6.07) is 27.5. The van der Waals surface area contributed by atoms with E-state index in [2.05, 4.69) is 21.0 Å². The lowest BCUT2D eigenvalue weighted by Gasteiger charge is -2.31. The molecule has 0 fully saturated rings. The average Bonchev–Trinajstić information content (AvgIpc) is 3.17. The number of nitrogens with one attached hydrogen (secondary N) is 3. The van der Waals surface area contributed by atoms with Crippen LogP contribution >= 0.6 is 11.8 Å². The molecule has 12 nitrogen and oxygen atoms in total. The van der Waals surface area contributed by atoms with E-state index in [1.165, 1.54) is 30.0 Å². The zero-order valence-electron chi connectivity index (χ0n) is 29.3. The van der Waals surface area contributed by atoms with Crippen molar-refractivity contribution >= 4 is 46.3 Å². The highest BCUT2D eigenvalue weighted by molar-refractivity contribution is 7.98. The van der Waals surface area contributed by atoms with Crippen molar-refractivity contribution in [1.82, 2.24) is 26.1 Å². The van der Waals surface area contributed by atoms with Crippen LogP contribution in [0.2, 0.25) is 0 Å². The monoisotopic (exact) mass is 735 g/mol. The van der Waals surface area contributed by atoms with Gasteiger partial charge in [-0.05, 0) is 59.9 Å². The molecule has 5 aromatic rings. The number of phenols is 1. The number of aliphatic hydroxyl groups excluding tert-OH is 1. The average molecular weight is 736 g/mol. The van der Waals surface area contributed by atoms with Gasteiger partial charge in [-0.25, -0.2) is 9.80 Å². The Morgan fingerprint density at radius 1 is 0.868 bits per heavy atom. The van der Waals surface area contributed by atoms with Crippen molar-refractivity contribution in [3.63, 3.8) is 0 Å². The van der Waals surface area contributed by atoms with Crippen LogP contribution in [0.25, 0.3) is 10.8 Å². The van der Waals surface area contributed by atoms with E-state index in [9.17, 15) is 29.4 Å². The first-order valence-electron chi connectivity index (χ1n) is 16.9. The van der Waals surface area contributed by atoms with Crippen LogP contribution < -0.4 is 16.1 Å². The Hall–Kier alpha value is -5.92. The second-order valence-corrected chi connectivity index (χ2v) is 13.2. The number of hydrogen-bond donors (Lipinski definition) is 5. The molecule has 5 rings (SSSR count). The number of hydrogen-bond acceptors (Lipinski definition) is 9. The standard InChI is InChI=1S/C40H41N5O7S/c1-26-31(17-10-18-35(26)46)37(48)44-45(23-28-13-7-4-8-14-28)39(50)36(47)33(21-27-11-5-3-6-12-27)42-38(49)34(25-53-2)43-40(51)52-24-30-16-9-15-29-22-41-20-19-32(29)30/h3-20,22,33-34,36,46-47H,21,23-25H2,1-2H3,(H,42,49)(H,43,51)(H,44,48)/t33-,34-,36-/m0/s1. The van der Waals surface area contributed by atoms with Gasteiger partial charge in [0, 0.05) is 34.7 Å². The number of fused-ring (bicyclic) bond motifs is 1. The molecule has 13 heteroatoms. The number of ether oxygens (including phenoxy) is 1. The molecule has 5 N–H and O–H groups in total. The number of nitrogens with zero attached hydrogens (tertiary/aromatic N) is 2. The minimum Gasteiger partial charge on any atom is -0.508 e. The number of pyridine rings is 1. The van der Waals surface area contributed by atoms with E-state index in [0.29, 0.717) is 11.1 Å². The van der Waals surface area contributed by atoms with Gasteiger partial charge in [0.1, 0.15) is 18.4 Å². The number of carbonyl (C=O) groups excluding carboxylic acids is 4. The Labute approximate surface area is 311 Å². The van der Waals surface area contributed by atoms with E-state index in [-0.39, 0.29) is 36.6 Å². The third-order valence-electron chi connectivity index (χ3n) is 8.57. The molecule has 0 unspecified atom stereocenters. The van der Waals surface area contributed by atoms with Crippen molar-refractivity contribution < 1.29 is 34.1 Å². The van der Waals surface area contributed by atoms with E-state index >= 15 is 0 Å². The van der Waals surface area contributed by atoms with Crippen molar-refractivity contribution in [1.29, 1.82) is 0 Å². The normalized spacial score (nSPS) is 12.6. The Bertz CT molecular complexity index is 2030. The topological polar surface area (TPSA) is 170 Å². The van der Waals surface area contributed by atoms with Crippen LogP contribution in [-0.2, 0) is 33.9 Å². The van der Waals surface area contributed by atoms with Crippen molar-refractivity contribution in [3.8, 4) is 5.75 Å². The number of carbonyl (C=O) groups is 4. The Balaban J connectivity index is 1.34. The second kappa shape index (κ2) is 18.5. The summed E-state index contributed by atoms with van der Waals surface area (Å²) in [6.07, 6.45) is 2.53. The van der Waals surface area contributed by atoms with Crippen molar-refractivity contribution in [2.45, 2.75) is 44.7 Å². The number of hydrazine groups is 1. The van der Waals surface area contributed by atoms with Crippen molar-refractivity contribution in [3.05, 3.63) is 143 Å². The molecule has 0 aliphatic carbocycles. The van der Waals surface area contributed by atoms with Gasteiger partial charge in [-0.1, -0.05) is 84.9 Å². The van der Waals surface area contributed by atoms with Gasteiger partial charge in [0.25, 0.3) is 11.8 Å². The summed E-state index contributed by atoms with van der Waals surface area (Å²) < 4.78 is 5.50. The molecule has 3 atom stereocenters. The Kier molecular flexibility index (Phi) is 13.4. The second-order valence-electron chi connectivity index (χ2n) is 12.3. The maximum absolute atomic E-state index is 14.1. The molecule has 1 heterocycles. The number of thioether (sulfide) groups is 1. The summed E-state index contributed by atoms with van der Waals surface area (Å²) in [5, 5.41) is 30.1. The van der Waals surface area contributed by atoms with Gasteiger partial charge in [-0.2, -0.15) is 11.8 Å². The summed E-state index contributed by atoms with van der Waals surface area (Å²) in [7, 11) is 0. The third kappa shape index (κ3) is 10.3. The van der Waals surface area contributed by atoms with Crippen molar-refractivity contribution in [2.24, 2.45) is 0 Å². The number of phenolic OH excluding ortho intramolecular Hbond substituents is 1. The summed E-state index contributed by atoms with van der Waals surface area (Å²) in [5.74, 6) is -2.13. The van der Waals surface area contributed by atoms with Gasteiger partial charge in [0.2, 0.25) is 5.91 Å². The summed E-state index contributed by atoms with van der Waals surface area (Å²) >= 11 is 1.31. The molecule has 274 valence electrons. The van der Waals surface area contributed by atoms with Crippen LogP contribution in [0.5, 0.6) is 5.75 Å². The highest BCUT2D eigenvalue weighted by Gasteiger charge is 2.34. The molecule has 0 aliphatic rings. The molecule has 0 aliphatic heterocycles. The number of rotatable bonds is 14. The maximum atomic E-state index is 14.1. The zero-order valence-corrected chi connectivity index (χ0v) is 30.1. The predicted molar refractivity (Wildman–Crippen MR) is 203 cm³/mol. The first-order valence-corrected chi connectivity index (χ1v) is 18.2. The van der Waals surface area contributed by atoms with Crippen LogP contribution in [0.4, 0.5) is 4.79 Å². The lowest BCUT2D eigenvalue weighted by Crippen LogP contribution is -2.59. The lowest BCUT2D eigenvalue weighted by molar-refractivity contribution is -0.145. The highest BCUT2D eigenvalue weighted by atomic mass is 32.2. The number of aliphatic hydroxyl groups is 1. The summed E-state index contributed by atoms with van der Waals surface area (Å²) in [4.78, 5) is 58.5. The number of benzene rings is 4. The molecule has 4 amide bonds. The Morgan fingerprint density at radius 2 is 1.57 bits per heavy atom. The van der Waals surface area contributed by atoms with Gasteiger partial charge in [-0.3, -0.25) is 24.8 Å². The lowest BCUT2D eigenvalue weighted by atomic mass is 9.99. The molecule has 53 heavy (non-hydrogen) atoms. The molecule has 0 bridgehead atoms. The summed E-state index contributed by atoms with van der Waals surface area (Å²) in [6.45, 7) is 1.42. The Morgan fingerprint density at radius 3 is 2.28 bits per heavy atom. The highest BCUT2D eigenvalue weighted by Crippen LogP contribution is 2.21. The molecule has 0 radical (unpaired) electrons. The number of aromatic nitrogens is 1. The third-order valence-corrected chi connectivity index (χ3v) is 9.23. The molecule has 4 aromatic carbocycles. The number of aromatic hydroxyl groups is 1. The van der Waals surface area contributed by atoms with Gasteiger partial charge < -0.3 is 25.6 Å². The van der Waals surface area contributed by atoms with Gasteiger partial charge in [0.15, 0.2) is 6.10 Å². The van der Waals surface area contributed by atoms with Gasteiger partial charge in [-0.15, -0.1) is 0 Å². The van der Waals surface area contributed by atoms with Crippen molar-refractivity contribution in [2.75, 3.05) is 12.0 Å². The molecular formula is C40H41N5O7S. The van der Waals surface area contributed by atoms with Crippen LogP contribution in [0.1, 0.15) is 32.6 Å². The molecule has 0 saturated carbocycles. The first kappa shape index (κ1) is 38.3.